The monoisotopic (exact) mass is 180 g/mol. The Kier molecular flexibility index (Phi) is 1.81. The first-order valence-electron chi connectivity index (χ1n) is 4.23. The minimum absolute atomic E-state index is 0.0361. The molecule has 1 amide bonds. The quantitative estimate of drug-likeness (QED) is 0.612. The number of rotatable bonds is 1. The normalized spacial score (nSPS) is 17.2. The molecule has 0 radical (unpaired) electrons. The van der Waals surface area contributed by atoms with Crippen LogP contribution in [0.25, 0.3) is 0 Å². The number of nitrogens with two attached hydrogens (primary N) is 1. The van der Waals surface area contributed by atoms with E-state index in [-0.39, 0.29) is 11.9 Å². The summed E-state index contributed by atoms with van der Waals surface area (Å²) in [7, 11) is 0. The molecule has 1 fully saturated rings. The highest BCUT2D eigenvalue weighted by Crippen LogP contribution is 2.10. The maximum absolute atomic E-state index is 11.6. The van der Waals surface area contributed by atoms with E-state index < -0.39 is 0 Å². The summed E-state index contributed by atoms with van der Waals surface area (Å²) in [5.41, 5.74) is 6.94. The summed E-state index contributed by atoms with van der Waals surface area (Å²) in [5, 5.41) is 6.62. The molecule has 0 spiro atoms. The maximum atomic E-state index is 11.6. The number of nitrogens with one attached hydrogen (secondary N) is 1. The zero-order valence-corrected chi connectivity index (χ0v) is 7.45. The van der Waals surface area contributed by atoms with E-state index in [2.05, 4.69) is 10.2 Å². The van der Waals surface area contributed by atoms with Gasteiger partial charge in [0.25, 0.3) is 5.91 Å². The van der Waals surface area contributed by atoms with E-state index in [1.807, 2.05) is 6.92 Å². The third-order valence-electron chi connectivity index (χ3n) is 2.12. The highest BCUT2D eigenvalue weighted by Gasteiger charge is 2.29. The molecule has 5 heteroatoms. The van der Waals surface area contributed by atoms with Crippen molar-refractivity contribution in [3.8, 4) is 0 Å². The van der Waals surface area contributed by atoms with Gasteiger partial charge in [-0.3, -0.25) is 9.89 Å². The second-order valence-corrected chi connectivity index (χ2v) is 3.41. The number of H-pyrrole nitrogens is 1. The van der Waals surface area contributed by atoms with Gasteiger partial charge >= 0.3 is 0 Å². The van der Waals surface area contributed by atoms with Gasteiger partial charge in [-0.2, -0.15) is 5.10 Å². The number of carbonyl (C=O) groups is 1. The zero-order valence-electron chi connectivity index (χ0n) is 7.45. The van der Waals surface area contributed by atoms with Gasteiger partial charge < -0.3 is 10.6 Å². The molecule has 0 unspecified atom stereocenters. The number of hydrogen-bond donors (Lipinski definition) is 2. The van der Waals surface area contributed by atoms with Crippen molar-refractivity contribution in [2.75, 3.05) is 13.1 Å². The predicted molar refractivity (Wildman–Crippen MR) is 47.2 cm³/mol. The van der Waals surface area contributed by atoms with Crippen molar-refractivity contribution in [1.29, 1.82) is 0 Å². The van der Waals surface area contributed by atoms with E-state index in [0.29, 0.717) is 18.8 Å². The summed E-state index contributed by atoms with van der Waals surface area (Å²) < 4.78 is 0. The molecule has 70 valence electrons. The molecule has 0 bridgehead atoms. The van der Waals surface area contributed by atoms with E-state index in [4.69, 9.17) is 5.73 Å². The Morgan fingerprint density at radius 3 is 2.92 bits per heavy atom. The SMILES string of the molecule is Cc1cc(C(=O)N2CC(N)C2)n[nH]1. The van der Waals surface area contributed by atoms with Crippen molar-refractivity contribution in [1.82, 2.24) is 15.1 Å². The third kappa shape index (κ3) is 1.42. The number of aromatic nitrogens is 2. The van der Waals surface area contributed by atoms with Crippen LogP contribution < -0.4 is 5.73 Å². The molecule has 0 aliphatic carbocycles. The Labute approximate surface area is 75.9 Å². The molecular weight excluding hydrogens is 168 g/mol. The topological polar surface area (TPSA) is 75.0 Å². The molecule has 2 heterocycles. The fourth-order valence-corrected chi connectivity index (χ4v) is 1.37. The van der Waals surface area contributed by atoms with E-state index in [1.165, 1.54) is 0 Å². The first kappa shape index (κ1) is 8.25. The van der Waals surface area contributed by atoms with Gasteiger partial charge in [-0.05, 0) is 13.0 Å². The summed E-state index contributed by atoms with van der Waals surface area (Å²) >= 11 is 0. The molecule has 1 saturated heterocycles. The Hall–Kier alpha value is -1.36. The van der Waals surface area contributed by atoms with Gasteiger partial charge in [0.15, 0.2) is 0 Å². The van der Waals surface area contributed by atoms with Gasteiger partial charge in [0.2, 0.25) is 0 Å². The minimum atomic E-state index is -0.0361. The maximum Gasteiger partial charge on any atom is 0.274 e. The molecule has 1 aromatic heterocycles. The number of hydrogen-bond acceptors (Lipinski definition) is 3. The molecule has 1 aliphatic heterocycles. The minimum Gasteiger partial charge on any atom is -0.334 e. The average Bonchev–Trinajstić information content (AvgIpc) is 2.45. The van der Waals surface area contributed by atoms with Crippen LogP contribution in [0, 0.1) is 6.92 Å². The number of likely N-dealkylation sites (tertiary alicyclic amines) is 1. The Balaban J connectivity index is 2.06. The van der Waals surface area contributed by atoms with Crippen LogP contribution in [0.2, 0.25) is 0 Å². The molecule has 5 nitrogen and oxygen atoms in total. The highest BCUT2D eigenvalue weighted by molar-refractivity contribution is 5.93. The fourth-order valence-electron chi connectivity index (χ4n) is 1.37. The fraction of sp³-hybridized carbons (Fsp3) is 0.500. The largest absolute Gasteiger partial charge is 0.334 e. The molecule has 3 N–H and O–H groups in total. The third-order valence-corrected chi connectivity index (χ3v) is 2.12. The van der Waals surface area contributed by atoms with Crippen molar-refractivity contribution in [3.05, 3.63) is 17.5 Å². The van der Waals surface area contributed by atoms with Crippen molar-refractivity contribution in [2.24, 2.45) is 5.73 Å². The second-order valence-electron chi connectivity index (χ2n) is 3.41. The lowest BCUT2D eigenvalue weighted by molar-refractivity contribution is 0.0602. The number of aromatic amines is 1. The van der Waals surface area contributed by atoms with Crippen molar-refractivity contribution in [2.45, 2.75) is 13.0 Å². The van der Waals surface area contributed by atoms with Crippen LogP contribution in [0.4, 0.5) is 0 Å². The van der Waals surface area contributed by atoms with Crippen LogP contribution in [0.3, 0.4) is 0 Å². The highest BCUT2D eigenvalue weighted by atomic mass is 16.2. The molecule has 2 rings (SSSR count). The summed E-state index contributed by atoms with van der Waals surface area (Å²) in [6.07, 6.45) is 0. The van der Waals surface area contributed by atoms with Crippen LogP contribution in [0.1, 0.15) is 16.2 Å². The summed E-state index contributed by atoms with van der Waals surface area (Å²) in [6, 6.07) is 1.88. The van der Waals surface area contributed by atoms with E-state index in [9.17, 15) is 4.79 Å². The number of aryl methyl sites for hydroxylation is 1. The molecule has 0 saturated carbocycles. The molecule has 0 atom stereocenters. The summed E-state index contributed by atoms with van der Waals surface area (Å²) in [6.45, 7) is 3.15. The van der Waals surface area contributed by atoms with Crippen LogP contribution in [-0.2, 0) is 0 Å². The lowest BCUT2D eigenvalue weighted by atomic mass is 10.1. The van der Waals surface area contributed by atoms with Gasteiger partial charge in [0.1, 0.15) is 5.69 Å². The van der Waals surface area contributed by atoms with Gasteiger partial charge in [0.05, 0.1) is 0 Å². The van der Waals surface area contributed by atoms with Crippen LogP contribution in [0.5, 0.6) is 0 Å². The van der Waals surface area contributed by atoms with Crippen LogP contribution >= 0.6 is 0 Å². The standard InChI is InChI=1S/C8H12N4O/c1-5-2-7(11-10-5)8(13)12-3-6(9)4-12/h2,6H,3-4,9H2,1H3,(H,10,11). The smallest absolute Gasteiger partial charge is 0.274 e. The van der Waals surface area contributed by atoms with Gasteiger partial charge in [-0.15, -0.1) is 0 Å². The van der Waals surface area contributed by atoms with Crippen molar-refractivity contribution >= 4 is 5.91 Å². The zero-order chi connectivity index (χ0) is 9.42. The Bertz CT molecular complexity index is 327. The molecule has 13 heavy (non-hydrogen) atoms. The van der Waals surface area contributed by atoms with Crippen molar-refractivity contribution in [3.63, 3.8) is 0 Å². The first-order chi connectivity index (χ1) is 6.16. The second kappa shape index (κ2) is 2.85. The number of amides is 1. The number of carbonyl (C=O) groups excluding carboxylic acids is 1. The Morgan fingerprint density at radius 2 is 2.46 bits per heavy atom. The van der Waals surface area contributed by atoms with E-state index in [0.717, 1.165) is 5.69 Å². The van der Waals surface area contributed by atoms with Crippen LogP contribution in [-0.4, -0.2) is 40.1 Å². The van der Waals surface area contributed by atoms with Gasteiger partial charge in [0, 0.05) is 24.8 Å². The molecule has 0 aromatic carbocycles. The molecular formula is C8H12N4O. The average molecular weight is 180 g/mol. The molecule has 1 aromatic rings. The molecule has 1 aliphatic rings. The predicted octanol–water partition coefficient (Wildman–Crippen LogP) is -0.499. The lowest BCUT2D eigenvalue weighted by Crippen LogP contribution is -2.57. The van der Waals surface area contributed by atoms with Gasteiger partial charge in [-0.1, -0.05) is 0 Å². The van der Waals surface area contributed by atoms with E-state index >= 15 is 0 Å². The van der Waals surface area contributed by atoms with Crippen molar-refractivity contribution < 1.29 is 4.79 Å². The lowest BCUT2D eigenvalue weighted by Gasteiger charge is -2.36. The summed E-state index contributed by atoms with van der Waals surface area (Å²) in [4.78, 5) is 13.3. The first-order valence-corrected chi connectivity index (χ1v) is 4.23. The van der Waals surface area contributed by atoms with E-state index in [1.54, 1.807) is 11.0 Å². The number of nitrogens with zero attached hydrogens (tertiary/aromatic N) is 2. The Morgan fingerprint density at radius 1 is 1.77 bits per heavy atom. The van der Waals surface area contributed by atoms with Gasteiger partial charge in [-0.25, -0.2) is 0 Å². The van der Waals surface area contributed by atoms with Crippen LogP contribution in [0.15, 0.2) is 6.07 Å². The summed E-state index contributed by atoms with van der Waals surface area (Å²) in [5.74, 6) is -0.0361.